The molecule has 0 aliphatic rings. The summed E-state index contributed by atoms with van der Waals surface area (Å²) >= 11 is 5.26. The Balaban J connectivity index is 2.39. The SMILES string of the molecule is CCNC(c1cccc(F)c1)c1cc(Br)c(C)s1. The van der Waals surface area contributed by atoms with E-state index in [2.05, 4.69) is 41.2 Å². The molecule has 0 spiro atoms. The van der Waals surface area contributed by atoms with Gasteiger partial charge >= 0.3 is 0 Å². The van der Waals surface area contributed by atoms with Gasteiger partial charge in [-0.3, -0.25) is 0 Å². The third-order valence-electron chi connectivity index (χ3n) is 2.75. The molecule has 4 heteroatoms. The van der Waals surface area contributed by atoms with Crippen molar-refractivity contribution in [2.45, 2.75) is 19.9 Å². The summed E-state index contributed by atoms with van der Waals surface area (Å²) in [4.78, 5) is 2.44. The van der Waals surface area contributed by atoms with Crippen LogP contribution in [0.3, 0.4) is 0 Å². The van der Waals surface area contributed by atoms with Crippen molar-refractivity contribution < 1.29 is 4.39 Å². The lowest BCUT2D eigenvalue weighted by Crippen LogP contribution is -2.21. The molecule has 2 rings (SSSR count). The second-order valence-corrected chi connectivity index (χ2v) is 6.24. The molecule has 0 fully saturated rings. The van der Waals surface area contributed by atoms with Crippen molar-refractivity contribution in [3.05, 3.63) is 55.9 Å². The van der Waals surface area contributed by atoms with Crippen molar-refractivity contribution in [2.24, 2.45) is 0 Å². The Labute approximate surface area is 119 Å². The topological polar surface area (TPSA) is 12.0 Å². The quantitative estimate of drug-likeness (QED) is 0.861. The Morgan fingerprint density at radius 1 is 1.39 bits per heavy atom. The Kier molecular flexibility index (Phi) is 4.54. The van der Waals surface area contributed by atoms with Gasteiger partial charge in [-0.05, 0) is 53.2 Å². The maximum atomic E-state index is 13.3. The molecule has 1 aromatic heterocycles. The number of rotatable bonds is 4. The van der Waals surface area contributed by atoms with E-state index >= 15 is 0 Å². The standard InChI is InChI=1S/C14H15BrFNS/c1-3-17-14(10-5-4-6-11(16)7-10)13-8-12(15)9(2)18-13/h4-8,14,17H,3H2,1-2H3. The summed E-state index contributed by atoms with van der Waals surface area (Å²) in [6.45, 7) is 4.98. The fraction of sp³-hybridized carbons (Fsp3) is 0.286. The summed E-state index contributed by atoms with van der Waals surface area (Å²) < 4.78 is 14.4. The highest BCUT2D eigenvalue weighted by Gasteiger charge is 2.16. The average molecular weight is 328 g/mol. The first kappa shape index (κ1) is 13.7. The summed E-state index contributed by atoms with van der Waals surface area (Å²) in [6.07, 6.45) is 0. The van der Waals surface area contributed by atoms with Gasteiger partial charge in [-0.1, -0.05) is 19.1 Å². The summed E-state index contributed by atoms with van der Waals surface area (Å²) in [5, 5.41) is 3.41. The zero-order chi connectivity index (χ0) is 13.1. The van der Waals surface area contributed by atoms with E-state index in [1.165, 1.54) is 15.8 Å². The Morgan fingerprint density at radius 2 is 2.17 bits per heavy atom. The lowest BCUT2D eigenvalue weighted by molar-refractivity contribution is 0.607. The van der Waals surface area contributed by atoms with Crippen molar-refractivity contribution in [1.82, 2.24) is 5.32 Å². The lowest BCUT2D eigenvalue weighted by atomic mass is 10.1. The molecule has 0 aliphatic heterocycles. The smallest absolute Gasteiger partial charge is 0.123 e. The van der Waals surface area contributed by atoms with Crippen LogP contribution in [0.1, 0.15) is 28.3 Å². The fourth-order valence-corrected chi connectivity index (χ4v) is 3.56. The zero-order valence-electron chi connectivity index (χ0n) is 10.3. The number of hydrogen-bond acceptors (Lipinski definition) is 2. The van der Waals surface area contributed by atoms with E-state index < -0.39 is 0 Å². The molecular formula is C14H15BrFNS. The van der Waals surface area contributed by atoms with E-state index in [0.717, 1.165) is 16.6 Å². The molecule has 1 N–H and O–H groups in total. The first-order valence-corrected chi connectivity index (χ1v) is 7.47. The molecule has 0 saturated carbocycles. The molecule has 2 aromatic rings. The van der Waals surface area contributed by atoms with E-state index in [4.69, 9.17) is 0 Å². The summed E-state index contributed by atoms with van der Waals surface area (Å²) in [5.41, 5.74) is 0.964. The van der Waals surface area contributed by atoms with E-state index in [9.17, 15) is 4.39 Å². The number of aryl methyl sites for hydroxylation is 1. The second kappa shape index (κ2) is 5.95. The molecule has 0 amide bonds. The van der Waals surface area contributed by atoms with Crippen molar-refractivity contribution in [3.8, 4) is 0 Å². The molecule has 1 aromatic carbocycles. The molecule has 1 heterocycles. The Bertz CT molecular complexity index is 519. The van der Waals surface area contributed by atoms with Crippen LogP contribution in [0.4, 0.5) is 4.39 Å². The Hall–Kier alpha value is -0.710. The molecular weight excluding hydrogens is 313 g/mol. The van der Waals surface area contributed by atoms with Crippen LogP contribution in [0.2, 0.25) is 0 Å². The highest BCUT2D eigenvalue weighted by atomic mass is 79.9. The molecule has 0 aliphatic carbocycles. The molecule has 0 radical (unpaired) electrons. The van der Waals surface area contributed by atoms with Gasteiger partial charge in [0, 0.05) is 14.2 Å². The molecule has 1 unspecified atom stereocenters. The van der Waals surface area contributed by atoms with Crippen LogP contribution in [0.25, 0.3) is 0 Å². The third-order valence-corrected chi connectivity index (χ3v) is 4.95. The molecule has 18 heavy (non-hydrogen) atoms. The van der Waals surface area contributed by atoms with Crippen molar-refractivity contribution in [2.75, 3.05) is 6.54 Å². The monoisotopic (exact) mass is 327 g/mol. The van der Waals surface area contributed by atoms with Gasteiger partial charge in [-0.2, -0.15) is 0 Å². The van der Waals surface area contributed by atoms with Gasteiger partial charge in [-0.15, -0.1) is 11.3 Å². The van der Waals surface area contributed by atoms with Gasteiger partial charge in [0.05, 0.1) is 6.04 Å². The van der Waals surface area contributed by atoms with Gasteiger partial charge < -0.3 is 5.32 Å². The summed E-state index contributed by atoms with van der Waals surface area (Å²) in [6, 6.07) is 8.95. The zero-order valence-corrected chi connectivity index (χ0v) is 12.7. The number of benzene rings is 1. The van der Waals surface area contributed by atoms with Crippen LogP contribution < -0.4 is 5.32 Å². The van der Waals surface area contributed by atoms with Crippen LogP contribution in [0.15, 0.2) is 34.8 Å². The van der Waals surface area contributed by atoms with Crippen molar-refractivity contribution in [3.63, 3.8) is 0 Å². The van der Waals surface area contributed by atoms with Crippen LogP contribution in [-0.2, 0) is 0 Å². The second-order valence-electron chi connectivity index (χ2n) is 4.10. The number of hydrogen-bond donors (Lipinski definition) is 1. The van der Waals surface area contributed by atoms with E-state index in [1.54, 1.807) is 23.5 Å². The predicted octanol–water partition coefficient (Wildman–Crippen LogP) is 4.66. The minimum absolute atomic E-state index is 0.0562. The highest BCUT2D eigenvalue weighted by Crippen LogP contribution is 2.33. The van der Waals surface area contributed by atoms with E-state index in [1.807, 2.05) is 6.07 Å². The van der Waals surface area contributed by atoms with Gasteiger partial charge in [-0.25, -0.2) is 4.39 Å². The largest absolute Gasteiger partial charge is 0.306 e. The predicted molar refractivity (Wildman–Crippen MR) is 78.7 cm³/mol. The minimum atomic E-state index is -0.192. The van der Waals surface area contributed by atoms with Crippen molar-refractivity contribution in [1.29, 1.82) is 0 Å². The van der Waals surface area contributed by atoms with Gasteiger partial charge in [0.15, 0.2) is 0 Å². The first-order chi connectivity index (χ1) is 8.61. The first-order valence-electron chi connectivity index (χ1n) is 5.86. The highest BCUT2D eigenvalue weighted by molar-refractivity contribution is 9.10. The maximum Gasteiger partial charge on any atom is 0.123 e. The molecule has 0 saturated heterocycles. The summed E-state index contributed by atoms with van der Waals surface area (Å²) in [5.74, 6) is -0.192. The van der Waals surface area contributed by atoms with Crippen LogP contribution in [0, 0.1) is 12.7 Å². The molecule has 1 nitrogen and oxygen atoms in total. The van der Waals surface area contributed by atoms with E-state index in [0.29, 0.717) is 0 Å². The fourth-order valence-electron chi connectivity index (χ4n) is 1.90. The lowest BCUT2D eigenvalue weighted by Gasteiger charge is -2.16. The van der Waals surface area contributed by atoms with Gasteiger partial charge in [0.1, 0.15) is 5.82 Å². The number of nitrogens with one attached hydrogen (secondary N) is 1. The van der Waals surface area contributed by atoms with Crippen LogP contribution >= 0.6 is 27.3 Å². The van der Waals surface area contributed by atoms with Crippen LogP contribution in [-0.4, -0.2) is 6.54 Å². The van der Waals surface area contributed by atoms with E-state index in [-0.39, 0.29) is 11.9 Å². The molecule has 1 atom stereocenters. The van der Waals surface area contributed by atoms with Gasteiger partial charge in [0.25, 0.3) is 0 Å². The average Bonchev–Trinajstić information content (AvgIpc) is 2.66. The maximum absolute atomic E-state index is 13.3. The third kappa shape index (κ3) is 2.99. The van der Waals surface area contributed by atoms with Crippen molar-refractivity contribution >= 4 is 27.3 Å². The number of thiophene rings is 1. The Morgan fingerprint density at radius 3 is 2.72 bits per heavy atom. The summed E-state index contributed by atoms with van der Waals surface area (Å²) in [7, 11) is 0. The van der Waals surface area contributed by atoms with Crippen LogP contribution in [0.5, 0.6) is 0 Å². The normalized spacial score (nSPS) is 12.7. The molecule has 0 bridgehead atoms. The van der Waals surface area contributed by atoms with Gasteiger partial charge in [0.2, 0.25) is 0 Å². The molecule has 96 valence electrons. The minimum Gasteiger partial charge on any atom is -0.306 e. The number of halogens is 2.